The second kappa shape index (κ2) is 12.3. The van der Waals surface area contributed by atoms with Gasteiger partial charge in [-0.2, -0.15) is 0 Å². The molecular weight excluding hydrogens is 685 g/mol. The molecule has 0 unspecified atom stereocenters. The van der Waals surface area contributed by atoms with Gasteiger partial charge in [-0.15, -0.1) is 0 Å². The van der Waals surface area contributed by atoms with Crippen LogP contribution in [0.25, 0.3) is 0 Å². The number of alkyl halides is 6. The van der Waals surface area contributed by atoms with Crippen LogP contribution in [-0.2, 0) is 9.57 Å². The van der Waals surface area contributed by atoms with Crippen molar-refractivity contribution < 1.29 is 78.0 Å². The van der Waals surface area contributed by atoms with Gasteiger partial charge < -0.3 is 0 Å². The van der Waals surface area contributed by atoms with Crippen LogP contribution in [0.15, 0.2) is 0 Å². The van der Waals surface area contributed by atoms with E-state index in [9.17, 15) is 4.79 Å². The molecule has 3 aliphatic carbocycles. The number of halogens is 3. The Kier molecular flexibility index (Phi) is 10.5. The molecule has 5 nitrogen and oxygen atoms in total. The fourth-order valence-corrected chi connectivity index (χ4v) is 29.5. The van der Waals surface area contributed by atoms with Crippen LogP contribution in [0.2, 0.25) is 0 Å². The molecule has 0 bridgehead atoms. The predicted octanol–water partition coefficient (Wildman–Crippen LogP) is -5.69. The first-order valence-electron chi connectivity index (χ1n) is 10.4. The Hall–Kier alpha value is 1.38. The van der Waals surface area contributed by atoms with Crippen LogP contribution >= 0.6 is 0 Å². The van der Waals surface area contributed by atoms with E-state index < -0.39 is 0 Å². The molecule has 0 aliphatic heterocycles. The second-order valence-corrected chi connectivity index (χ2v) is 25.8. The van der Waals surface area contributed by atoms with E-state index in [0.29, 0.717) is 0 Å². The molecule has 8 heteroatoms. The summed E-state index contributed by atoms with van der Waals surface area (Å²) in [5.41, 5.74) is 0. The topological polar surface area (TPSA) is 73.6 Å². The first-order chi connectivity index (χ1) is 13.2. The number of hydrogen-bond donors (Lipinski definition) is 2. The van der Waals surface area contributed by atoms with E-state index in [1.165, 1.54) is 77.0 Å². The molecule has 0 aromatic heterocycles. The van der Waals surface area contributed by atoms with Gasteiger partial charge in [0.05, 0.1) is 0 Å². The molecule has 3 rings (SSSR count). The summed E-state index contributed by atoms with van der Waals surface area (Å²) in [6.45, 7) is 0.525. The van der Waals surface area contributed by atoms with Gasteiger partial charge in [0.15, 0.2) is 0 Å². The number of nitrogens with two attached hydrogens (primary N) is 1. The van der Waals surface area contributed by atoms with Crippen LogP contribution in [0.4, 0.5) is 4.79 Å². The van der Waals surface area contributed by atoms with Crippen molar-refractivity contribution >= 4 is 6.09 Å². The van der Waals surface area contributed by atoms with Crippen molar-refractivity contribution in [1.82, 2.24) is 5.32 Å². The van der Waals surface area contributed by atoms with Crippen LogP contribution in [0, 0.1) is 0 Å². The van der Waals surface area contributed by atoms with Crippen LogP contribution in [0.1, 0.15) is 77.0 Å². The van der Waals surface area contributed by atoms with Gasteiger partial charge in [0.2, 0.25) is 0 Å². The SMILES string of the molecule is NOCCOC(=O)NC([I-]C1CCCC1)([I-]C1CCCC1)[I-]C1CCCC1. The first-order valence-corrected chi connectivity index (χ1v) is 17.4. The fourth-order valence-electron chi connectivity index (χ4n) is 4.02. The number of ether oxygens (including phenoxy) is 1. The van der Waals surface area contributed by atoms with Crippen molar-refractivity contribution in [2.75, 3.05) is 13.2 Å². The molecule has 3 N–H and O–H groups in total. The predicted molar refractivity (Wildman–Crippen MR) is 94.1 cm³/mol. The monoisotopic (exact) mass is 719 g/mol. The van der Waals surface area contributed by atoms with E-state index in [4.69, 9.17) is 10.6 Å². The van der Waals surface area contributed by atoms with Crippen LogP contribution in [0.5, 0.6) is 0 Å². The van der Waals surface area contributed by atoms with Gasteiger partial charge >= 0.3 is 197 Å². The maximum absolute atomic E-state index is 12.7. The van der Waals surface area contributed by atoms with E-state index in [-0.39, 0.29) is 82.5 Å². The third kappa shape index (κ3) is 7.86. The van der Waals surface area contributed by atoms with E-state index in [2.05, 4.69) is 10.2 Å². The van der Waals surface area contributed by atoms with Gasteiger partial charge in [0.1, 0.15) is 0 Å². The molecular formula is C19H34I3N2O3-3. The molecule has 0 radical (unpaired) electrons. The molecule has 0 aromatic rings. The summed E-state index contributed by atoms with van der Waals surface area (Å²) in [4.78, 5) is 17.2. The van der Waals surface area contributed by atoms with Crippen molar-refractivity contribution in [1.29, 1.82) is 0 Å². The Balaban J connectivity index is 1.71. The van der Waals surface area contributed by atoms with Crippen molar-refractivity contribution in [2.45, 2.75) is 88.4 Å². The van der Waals surface area contributed by atoms with Gasteiger partial charge in [-0.25, -0.2) is 0 Å². The number of carbonyl (C=O) groups is 1. The minimum absolute atomic E-state index is 0.00919. The average Bonchev–Trinajstić information content (AvgIpc) is 3.39. The number of rotatable bonds is 10. The van der Waals surface area contributed by atoms with Gasteiger partial charge in [-0.05, 0) is 0 Å². The zero-order chi connectivity index (χ0) is 19.0. The van der Waals surface area contributed by atoms with E-state index in [1.807, 2.05) is 0 Å². The van der Waals surface area contributed by atoms with Crippen molar-refractivity contribution in [3.05, 3.63) is 0 Å². The average molecular weight is 719 g/mol. The number of hydrogen-bond acceptors (Lipinski definition) is 4. The van der Waals surface area contributed by atoms with E-state index >= 15 is 0 Å². The van der Waals surface area contributed by atoms with Crippen molar-refractivity contribution in [3.8, 4) is 0 Å². The molecule has 27 heavy (non-hydrogen) atoms. The normalized spacial score (nSPS) is 23.0. The summed E-state index contributed by atoms with van der Waals surface area (Å²) in [6.07, 6.45) is 16.7. The molecule has 0 spiro atoms. The Labute approximate surface area is 195 Å². The molecule has 0 saturated heterocycles. The summed E-state index contributed by atoms with van der Waals surface area (Å²) in [7, 11) is 0. The Bertz CT molecular complexity index is 406. The molecule has 162 valence electrons. The molecule has 1 amide bonds. The summed E-state index contributed by atoms with van der Waals surface area (Å²) in [5.74, 6) is 5.07. The maximum atomic E-state index is 12.7. The molecule has 0 atom stereocenters. The third-order valence-corrected chi connectivity index (χ3v) is 24.4. The summed E-state index contributed by atoms with van der Waals surface area (Å²) in [6, 6.07) is 0. The van der Waals surface area contributed by atoms with Gasteiger partial charge in [0.25, 0.3) is 0 Å². The Morgan fingerprint density at radius 2 is 1.22 bits per heavy atom. The number of alkyl carbamates (subject to hydrolysis) is 1. The fraction of sp³-hybridized carbons (Fsp3) is 0.947. The third-order valence-electron chi connectivity index (χ3n) is 5.41. The molecule has 3 aliphatic rings. The molecule has 0 aromatic carbocycles. The summed E-state index contributed by atoms with van der Waals surface area (Å²) < 4.78 is 8.46. The van der Waals surface area contributed by atoms with Gasteiger partial charge in [0, 0.05) is 0 Å². The van der Waals surface area contributed by atoms with Crippen LogP contribution < -0.4 is 74.8 Å². The van der Waals surface area contributed by atoms with Gasteiger partial charge in [-0.1, -0.05) is 0 Å². The van der Waals surface area contributed by atoms with Crippen LogP contribution in [-0.4, -0.2) is 30.6 Å². The van der Waals surface area contributed by atoms with E-state index in [1.54, 1.807) is 0 Å². The Morgan fingerprint density at radius 3 is 1.59 bits per heavy atom. The van der Waals surface area contributed by atoms with E-state index in [0.717, 1.165) is 11.8 Å². The molecule has 3 saturated carbocycles. The second-order valence-electron chi connectivity index (χ2n) is 7.60. The van der Waals surface area contributed by atoms with Gasteiger partial charge in [-0.3, -0.25) is 0 Å². The number of amides is 1. The summed E-state index contributed by atoms with van der Waals surface area (Å²) in [5, 5.41) is 3.56. The zero-order valence-electron chi connectivity index (χ0n) is 16.1. The number of nitrogens with one attached hydrogen (secondary N) is 1. The standard InChI is InChI=1S/C19H34I3N2O3/c23-27-14-13-26-18(25)24-19(20-15-7-1-2-8-15,21-16-9-3-4-10-16)22-17-11-5-6-12-17/h15-17H,1-14,23H2,(H,24,25)/q-3. The zero-order valence-corrected chi connectivity index (χ0v) is 22.5. The Morgan fingerprint density at radius 1 is 0.815 bits per heavy atom. The quantitative estimate of drug-likeness (QED) is 0.0778. The first kappa shape index (κ1) is 23.1. The van der Waals surface area contributed by atoms with Crippen molar-refractivity contribution in [3.63, 3.8) is 0 Å². The van der Waals surface area contributed by atoms with Crippen molar-refractivity contribution in [2.24, 2.45) is 5.90 Å². The molecule has 0 heterocycles. The van der Waals surface area contributed by atoms with Crippen LogP contribution in [0.3, 0.4) is 0 Å². The summed E-state index contributed by atoms with van der Waals surface area (Å²) >= 11 is 0.0276. The number of carbonyl (C=O) groups excluding carboxylic acids is 1. The molecule has 3 fully saturated rings. The minimum atomic E-state index is -0.194.